The van der Waals surface area contributed by atoms with E-state index >= 15 is 0 Å². The highest BCUT2D eigenvalue weighted by molar-refractivity contribution is 6.16. The molecular weight excluding hydrogens is 434 g/mol. The van der Waals surface area contributed by atoms with Crippen molar-refractivity contribution >= 4 is 10.8 Å². The zero-order valence-corrected chi connectivity index (χ0v) is 23.0. The van der Waals surface area contributed by atoms with E-state index in [0.717, 1.165) is 35.8 Å². The summed E-state index contributed by atoms with van der Waals surface area (Å²) < 4.78 is 0. The van der Waals surface area contributed by atoms with Crippen molar-refractivity contribution in [2.75, 3.05) is 0 Å². The minimum absolute atomic E-state index is 0.0717. The number of fused-ring (bicyclic) bond motifs is 3. The molecular formula is C35H39N. The van der Waals surface area contributed by atoms with E-state index in [-0.39, 0.29) is 10.8 Å². The Morgan fingerprint density at radius 1 is 0.889 bits per heavy atom. The van der Waals surface area contributed by atoms with Crippen molar-refractivity contribution in [3.05, 3.63) is 95.1 Å². The van der Waals surface area contributed by atoms with Crippen LogP contribution in [-0.4, -0.2) is 0 Å². The minimum Gasteiger partial charge on any atom is -0.192 e. The van der Waals surface area contributed by atoms with Gasteiger partial charge in [-0.2, -0.15) is 5.26 Å². The maximum Gasteiger partial charge on any atom is 0.0998 e. The van der Waals surface area contributed by atoms with Crippen LogP contribution in [0.4, 0.5) is 0 Å². The quantitative estimate of drug-likeness (QED) is 0.202. The van der Waals surface area contributed by atoms with Crippen LogP contribution in [0, 0.1) is 22.2 Å². The highest BCUT2D eigenvalue weighted by Crippen LogP contribution is 2.49. The van der Waals surface area contributed by atoms with Gasteiger partial charge in [0.15, 0.2) is 0 Å². The van der Waals surface area contributed by atoms with E-state index in [2.05, 4.69) is 116 Å². The third-order valence-electron chi connectivity index (χ3n) is 7.75. The van der Waals surface area contributed by atoms with Crippen LogP contribution in [0.25, 0.3) is 33.0 Å². The number of nitrogens with zero attached hydrogens (tertiary/aromatic N) is 1. The third-order valence-corrected chi connectivity index (χ3v) is 7.75. The molecule has 3 aromatic rings. The van der Waals surface area contributed by atoms with Crippen molar-refractivity contribution in [3.8, 4) is 28.3 Å². The van der Waals surface area contributed by atoms with Gasteiger partial charge in [0.25, 0.3) is 0 Å². The van der Waals surface area contributed by atoms with Crippen LogP contribution in [0.3, 0.4) is 0 Å². The molecule has 1 nitrogen and oxygen atoms in total. The number of hydrogen-bond acceptors (Lipinski definition) is 1. The first-order valence-electron chi connectivity index (χ1n) is 13.1. The van der Waals surface area contributed by atoms with E-state index < -0.39 is 0 Å². The fraction of sp³-hybridized carbons (Fsp3) is 0.343. The van der Waals surface area contributed by atoms with Crippen molar-refractivity contribution in [1.82, 2.24) is 0 Å². The maximum atomic E-state index is 9.67. The summed E-state index contributed by atoms with van der Waals surface area (Å²) in [5.74, 6) is 0. The lowest BCUT2D eigenvalue weighted by Gasteiger charge is -2.20. The largest absolute Gasteiger partial charge is 0.192 e. The number of benzene rings is 3. The van der Waals surface area contributed by atoms with Gasteiger partial charge >= 0.3 is 0 Å². The fourth-order valence-corrected chi connectivity index (χ4v) is 4.84. The Hall–Kier alpha value is -3.37. The lowest BCUT2D eigenvalue weighted by atomic mass is 9.86. The van der Waals surface area contributed by atoms with Gasteiger partial charge < -0.3 is 0 Å². The molecule has 0 saturated carbocycles. The van der Waals surface area contributed by atoms with Gasteiger partial charge in [0.2, 0.25) is 0 Å². The molecule has 4 rings (SSSR count). The van der Waals surface area contributed by atoms with Crippen LogP contribution in [0.5, 0.6) is 0 Å². The predicted molar refractivity (Wildman–Crippen MR) is 156 cm³/mol. The van der Waals surface area contributed by atoms with Gasteiger partial charge in [-0.1, -0.05) is 108 Å². The second-order valence-electron chi connectivity index (χ2n) is 12.2. The number of nitriles is 1. The molecule has 0 atom stereocenters. The lowest BCUT2D eigenvalue weighted by molar-refractivity contribution is 0.501. The molecule has 0 bridgehead atoms. The Kier molecular flexibility index (Phi) is 6.85. The SMILES string of the molecule is C=C(C=CCc1cc2c(cc1CCC=C(C)C(C)(C)C)-c1ccc(C#N)c3cccc-2c13)C(C)(C)C. The average Bonchev–Trinajstić information content (AvgIpc) is 3.12. The first-order valence-corrected chi connectivity index (χ1v) is 13.1. The molecule has 36 heavy (non-hydrogen) atoms. The smallest absolute Gasteiger partial charge is 0.0998 e. The summed E-state index contributed by atoms with van der Waals surface area (Å²) in [4.78, 5) is 0. The highest BCUT2D eigenvalue weighted by Gasteiger charge is 2.24. The Balaban J connectivity index is 1.78. The Morgan fingerprint density at radius 2 is 1.56 bits per heavy atom. The van der Waals surface area contributed by atoms with E-state index in [1.807, 2.05) is 6.07 Å². The van der Waals surface area contributed by atoms with Crippen LogP contribution < -0.4 is 0 Å². The molecule has 184 valence electrons. The molecule has 1 aliphatic rings. The van der Waals surface area contributed by atoms with Crippen molar-refractivity contribution in [1.29, 1.82) is 5.26 Å². The number of aryl methyl sites for hydroxylation is 1. The van der Waals surface area contributed by atoms with Crippen LogP contribution in [0.2, 0.25) is 0 Å². The normalized spacial score (nSPS) is 13.3. The van der Waals surface area contributed by atoms with Crippen LogP contribution in [0.15, 0.2) is 78.4 Å². The summed E-state index contributed by atoms with van der Waals surface area (Å²) in [6.07, 6.45) is 9.79. The maximum absolute atomic E-state index is 9.67. The Labute approximate surface area is 217 Å². The molecule has 1 heteroatoms. The number of rotatable bonds is 6. The van der Waals surface area contributed by atoms with Gasteiger partial charge in [0.05, 0.1) is 11.6 Å². The van der Waals surface area contributed by atoms with Gasteiger partial charge in [-0.05, 0) is 87.9 Å². The van der Waals surface area contributed by atoms with Crippen molar-refractivity contribution in [2.24, 2.45) is 10.8 Å². The van der Waals surface area contributed by atoms with Crippen molar-refractivity contribution < 1.29 is 0 Å². The summed E-state index contributed by atoms with van der Waals surface area (Å²) in [7, 11) is 0. The van der Waals surface area contributed by atoms with E-state index in [0.29, 0.717) is 0 Å². The summed E-state index contributed by atoms with van der Waals surface area (Å²) in [5, 5.41) is 11.9. The van der Waals surface area contributed by atoms with Gasteiger partial charge in [-0.25, -0.2) is 0 Å². The van der Waals surface area contributed by atoms with Gasteiger partial charge in [0, 0.05) is 5.39 Å². The van der Waals surface area contributed by atoms with E-state index in [1.165, 1.54) is 44.3 Å². The zero-order valence-electron chi connectivity index (χ0n) is 23.0. The summed E-state index contributed by atoms with van der Waals surface area (Å²) in [5.41, 5.74) is 11.5. The molecule has 0 radical (unpaired) electrons. The van der Waals surface area contributed by atoms with Gasteiger partial charge in [-0.15, -0.1) is 0 Å². The molecule has 0 amide bonds. The first kappa shape index (κ1) is 25.7. The van der Waals surface area contributed by atoms with Crippen LogP contribution >= 0.6 is 0 Å². The molecule has 0 aromatic heterocycles. The topological polar surface area (TPSA) is 23.8 Å². The molecule has 0 saturated heterocycles. The summed E-state index contributed by atoms with van der Waals surface area (Å²) in [6, 6.07) is 17.7. The van der Waals surface area contributed by atoms with Crippen molar-refractivity contribution in [2.45, 2.75) is 67.7 Å². The van der Waals surface area contributed by atoms with E-state index in [1.54, 1.807) is 0 Å². The molecule has 3 aromatic carbocycles. The van der Waals surface area contributed by atoms with Crippen LogP contribution in [-0.2, 0) is 12.8 Å². The molecule has 0 unspecified atom stereocenters. The summed E-state index contributed by atoms with van der Waals surface area (Å²) in [6.45, 7) is 20.0. The molecule has 0 aliphatic heterocycles. The van der Waals surface area contributed by atoms with Gasteiger partial charge in [0.1, 0.15) is 0 Å². The molecule has 1 aliphatic carbocycles. The minimum atomic E-state index is 0.0717. The number of allylic oxidation sites excluding steroid dienone is 5. The molecule has 0 spiro atoms. The average molecular weight is 474 g/mol. The molecule has 0 N–H and O–H groups in total. The standard InChI is InChI=1S/C35H39N/c1-23(34(3,4)5)12-9-14-25-20-31-29-17-11-16-28-27(22-36)18-19-30(33(28)29)32(31)21-26(25)15-10-13-24(2)35(6,7)8/h9,11-13,16-21H,1,10,14-15H2,2-8H3. The number of hydrogen-bond donors (Lipinski definition) is 0. The Bertz CT molecular complexity index is 1440. The van der Waals surface area contributed by atoms with Crippen LogP contribution in [0.1, 0.15) is 71.6 Å². The summed E-state index contributed by atoms with van der Waals surface area (Å²) >= 11 is 0. The fourth-order valence-electron chi connectivity index (χ4n) is 4.84. The lowest BCUT2D eigenvalue weighted by Crippen LogP contribution is -2.06. The highest BCUT2D eigenvalue weighted by atomic mass is 14.3. The van der Waals surface area contributed by atoms with Crippen molar-refractivity contribution in [3.63, 3.8) is 0 Å². The van der Waals surface area contributed by atoms with E-state index in [4.69, 9.17) is 0 Å². The monoisotopic (exact) mass is 473 g/mol. The van der Waals surface area contributed by atoms with Gasteiger partial charge in [-0.3, -0.25) is 0 Å². The Morgan fingerprint density at radius 3 is 2.19 bits per heavy atom. The second kappa shape index (κ2) is 9.59. The molecule has 0 heterocycles. The zero-order chi connectivity index (χ0) is 26.3. The second-order valence-corrected chi connectivity index (χ2v) is 12.2. The molecule has 0 fully saturated rings. The third kappa shape index (κ3) is 4.96. The first-order chi connectivity index (χ1) is 16.9. The van der Waals surface area contributed by atoms with E-state index in [9.17, 15) is 5.26 Å². The predicted octanol–water partition coefficient (Wildman–Crippen LogP) is 9.98.